The first kappa shape index (κ1) is 21.8. The van der Waals surface area contributed by atoms with Crippen molar-refractivity contribution in [2.45, 2.75) is 62.8 Å². The summed E-state index contributed by atoms with van der Waals surface area (Å²) in [6.07, 6.45) is 4.49. The lowest BCUT2D eigenvalue weighted by molar-refractivity contribution is -0.145. The number of amides is 4. The van der Waals surface area contributed by atoms with Crippen LogP contribution in [0.5, 0.6) is 0 Å². The molecule has 4 rings (SSSR count). The Morgan fingerprint density at radius 3 is 2.32 bits per heavy atom. The maximum atomic E-state index is 13.8. The first-order chi connectivity index (χ1) is 14.8. The minimum Gasteiger partial charge on any atom is -0.369 e. The molecule has 2 saturated heterocycles. The van der Waals surface area contributed by atoms with Crippen LogP contribution in [0.2, 0.25) is 5.02 Å². The van der Waals surface area contributed by atoms with E-state index < -0.39 is 5.41 Å². The summed E-state index contributed by atoms with van der Waals surface area (Å²) in [6.45, 7) is 0.832. The number of primary amides is 1. The lowest BCUT2D eigenvalue weighted by Crippen LogP contribution is -2.47. The maximum Gasteiger partial charge on any atom is 0.241 e. The minimum atomic E-state index is -1.28. The zero-order valence-corrected chi connectivity index (χ0v) is 18.3. The zero-order valence-electron chi connectivity index (χ0n) is 17.5. The second kappa shape index (κ2) is 8.61. The fourth-order valence-corrected chi connectivity index (χ4v) is 5.69. The van der Waals surface area contributed by atoms with Gasteiger partial charge in [0.25, 0.3) is 0 Å². The molecule has 0 bridgehead atoms. The Morgan fingerprint density at radius 1 is 1.06 bits per heavy atom. The topological polar surface area (TPSA) is 101 Å². The van der Waals surface area contributed by atoms with E-state index in [2.05, 4.69) is 0 Å². The molecule has 0 spiro atoms. The Kier molecular flexibility index (Phi) is 6.06. The highest BCUT2D eigenvalue weighted by Crippen LogP contribution is 2.45. The Labute approximate surface area is 186 Å². The molecule has 1 atom stereocenters. The van der Waals surface area contributed by atoms with Crippen LogP contribution >= 0.6 is 11.6 Å². The van der Waals surface area contributed by atoms with E-state index in [0.717, 1.165) is 25.7 Å². The molecule has 2 heterocycles. The van der Waals surface area contributed by atoms with Crippen molar-refractivity contribution < 1.29 is 19.2 Å². The van der Waals surface area contributed by atoms with Gasteiger partial charge in [-0.25, -0.2) is 0 Å². The third kappa shape index (κ3) is 3.95. The van der Waals surface area contributed by atoms with Gasteiger partial charge in [0.1, 0.15) is 0 Å². The molecule has 2 aliphatic heterocycles. The van der Waals surface area contributed by atoms with Gasteiger partial charge in [-0.1, -0.05) is 42.6 Å². The zero-order chi connectivity index (χ0) is 22.2. The van der Waals surface area contributed by atoms with Crippen molar-refractivity contribution in [1.29, 1.82) is 0 Å². The highest BCUT2D eigenvalue weighted by molar-refractivity contribution is 6.32. The van der Waals surface area contributed by atoms with E-state index in [9.17, 15) is 19.2 Å². The molecular weight excluding hydrogens is 418 g/mol. The van der Waals surface area contributed by atoms with Gasteiger partial charge >= 0.3 is 0 Å². The molecule has 2 N–H and O–H groups in total. The van der Waals surface area contributed by atoms with Crippen molar-refractivity contribution in [3.05, 3.63) is 34.9 Å². The fraction of sp³-hybridized carbons (Fsp3) is 0.565. The van der Waals surface area contributed by atoms with E-state index in [1.165, 1.54) is 4.90 Å². The summed E-state index contributed by atoms with van der Waals surface area (Å²) in [6, 6.07) is 6.90. The second-order valence-electron chi connectivity index (χ2n) is 8.98. The number of carbonyl (C=O) groups is 4. The van der Waals surface area contributed by atoms with Crippen LogP contribution in [0.15, 0.2) is 24.3 Å². The average molecular weight is 446 g/mol. The molecule has 1 aromatic carbocycles. The van der Waals surface area contributed by atoms with Gasteiger partial charge < -0.3 is 10.6 Å². The van der Waals surface area contributed by atoms with E-state index in [-0.39, 0.29) is 48.4 Å². The van der Waals surface area contributed by atoms with Gasteiger partial charge in [0.05, 0.1) is 5.41 Å². The molecule has 166 valence electrons. The van der Waals surface area contributed by atoms with Crippen LogP contribution in [0.3, 0.4) is 0 Å². The first-order valence-electron chi connectivity index (χ1n) is 11.0. The standard InChI is InChI=1S/C23H28ClN3O4/c24-18-8-4-3-7-17(18)23(13-19(28)26-11-9-15(10-12-26)21(25)30)14-20(29)27(22(23)31)16-5-1-2-6-16/h3-4,7-8,15-16H,1-2,5-6,9-14H2,(H2,25,30). The van der Waals surface area contributed by atoms with E-state index in [1.807, 2.05) is 0 Å². The van der Waals surface area contributed by atoms with Gasteiger partial charge in [-0.3, -0.25) is 24.1 Å². The quantitative estimate of drug-likeness (QED) is 0.703. The van der Waals surface area contributed by atoms with Crippen molar-refractivity contribution in [2.24, 2.45) is 11.7 Å². The Balaban J connectivity index is 1.63. The summed E-state index contributed by atoms with van der Waals surface area (Å²) in [5, 5.41) is 0.386. The van der Waals surface area contributed by atoms with Crippen LogP contribution in [0.4, 0.5) is 0 Å². The van der Waals surface area contributed by atoms with Crippen LogP contribution in [0.1, 0.15) is 56.9 Å². The number of nitrogens with two attached hydrogens (primary N) is 1. The van der Waals surface area contributed by atoms with Gasteiger partial charge in [-0.05, 0) is 37.3 Å². The van der Waals surface area contributed by atoms with E-state index in [0.29, 0.717) is 36.5 Å². The van der Waals surface area contributed by atoms with Gasteiger partial charge in [0, 0.05) is 42.9 Å². The number of halogens is 1. The number of rotatable bonds is 5. The lowest BCUT2D eigenvalue weighted by Gasteiger charge is -2.34. The number of hydrogen-bond donors (Lipinski definition) is 1. The summed E-state index contributed by atoms with van der Waals surface area (Å²) >= 11 is 6.48. The maximum absolute atomic E-state index is 13.8. The van der Waals surface area contributed by atoms with Gasteiger partial charge in [0.15, 0.2) is 0 Å². The normalized spacial score (nSPS) is 25.5. The fourth-order valence-electron chi connectivity index (χ4n) is 5.37. The summed E-state index contributed by atoms with van der Waals surface area (Å²) < 4.78 is 0. The van der Waals surface area contributed by atoms with E-state index in [1.54, 1.807) is 29.2 Å². The number of likely N-dealkylation sites (tertiary alicyclic amines) is 2. The number of benzene rings is 1. The molecule has 8 heteroatoms. The SMILES string of the molecule is NC(=O)C1CCN(C(=O)CC2(c3ccccc3Cl)CC(=O)N(C3CCCC3)C2=O)CC1. The van der Waals surface area contributed by atoms with Gasteiger partial charge in [-0.15, -0.1) is 0 Å². The van der Waals surface area contributed by atoms with Crippen molar-refractivity contribution in [2.75, 3.05) is 13.1 Å². The molecule has 3 aliphatic rings. The van der Waals surface area contributed by atoms with Crippen LogP contribution in [-0.2, 0) is 24.6 Å². The van der Waals surface area contributed by atoms with Crippen LogP contribution in [0, 0.1) is 5.92 Å². The van der Waals surface area contributed by atoms with Crippen molar-refractivity contribution >= 4 is 35.2 Å². The lowest BCUT2D eigenvalue weighted by atomic mass is 9.75. The predicted octanol–water partition coefficient (Wildman–Crippen LogP) is 2.39. The number of hydrogen-bond acceptors (Lipinski definition) is 4. The number of carbonyl (C=O) groups excluding carboxylic acids is 4. The van der Waals surface area contributed by atoms with E-state index >= 15 is 0 Å². The summed E-state index contributed by atoms with van der Waals surface area (Å²) in [5.74, 6) is -1.30. The Bertz CT molecular complexity index is 906. The second-order valence-corrected chi connectivity index (χ2v) is 9.39. The molecule has 0 radical (unpaired) electrons. The summed E-state index contributed by atoms with van der Waals surface area (Å²) in [5.41, 5.74) is 4.65. The number of nitrogens with zero attached hydrogens (tertiary/aromatic N) is 2. The highest BCUT2D eigenvalue weighted by atomic mass is 35.5. The van der Waals surface area contributed by atoms with E-state index in [4.69, 9.17) is 17.3 Å². The van der Waals surface area contributed by atoms with Gasteiger partial charge in [0.2, 0.25) is 23.6 Å². The number of imide groups is 1. The number of piperidine rings is 1. The summed E-state index contributed by atoms with van der Waals surface area (Å²) in [7, 11) is 0. The van der Waals surface area contributed by atoms with Crippen LogP contribution in [0.25, 0.3) is 0 Å². The first-order valence-corrected chi connectivity index (χ1v) is 11.4. The highest BCUT2D eigenvalue weighted by Gasteiger charge is 2.56. The molecule has 1 aromatic rings. The molecule has 1 aliphatic carbocycles. The third-order valence-electron chi connectivity index (χ3n) is 7.13. The molecule has 4 amide bonds. The molecule has 0 aromatic heterocycles. The largest absolute Gasteiger partial charge is 0.369 e. The Morgan fingerprint density at radius 2 is 1.71 bits per heavy atom. The molecule has 7 nitrogen and oxygen atoms in total. The molecular formula is C23H28ClN3O4. The Hall–Kier alpha value is -2.41. The molecule has 31 heavy (non-hydrogen) atoms. The van der Waals surface area contributed by atoms with Crippen molar-refractivity contribution in [1.82, 2.24) is 9.80 Å². The van der Waals surface area contributed by atoms with Crippen molar-refractivity contribution in [3.8, 4) is 0 Å². The van der Waals surface area contributed by atoms with Crippen LogP contribution in [-0.4, -0.2) is 52.6 Å². The van der Waals surface area contributed by atoms with Gasteiger partial charge in [-0.2, -0.15) is 0 Å². The molecule has 3 fully saturated rings. The van der Waals surface area contributed by atoms with Crippen LogP contribution < -0.4 is 5.73 Å². The minimum absolute atomic E-state index is 0.0461. The smallest absolute Gasteiger partial charge is 0.241 e. The average Bonchev–Trinajstić information content (AvgIpc) is 3.35. The summed E-state index contributed by atoms with van der Waals surface area (Å²) in [4.78, 5) is 54.6. The predicted molar refractivity (Wildman–Crippen MR) is 115 cm³/mol. The monoisotopic (exact) mass is 445 g/mol. The molecule has 1 saturated carbocycles. The third-order valence-corrected chi connectivity index (χ3v) is 7.46. The molecule has 1 unspecified atom stereocenters. The van der Waals surface area contributed by atoms with Crippen molar-refractivity contribution in [3.63, 3.8) is 0 Å².